The second kappa shape index (κ2) is 6.48. The Labute approximate surface area is 141 Å². The van der Waals surface area contributed by atoms with E-state index in [4.69, 9.17) is 19.5 Å². The van der Waals surface area contributed by atoms with Gasteiger partial charge in [0, 0.05) is 0 Å². The van der Waals surface area contributed by atoms with Crippen molar-refractivity contribution >= 4 is 11.8 Å². The van der Waals surface area contributed by atoms with E-state index in [9.17, 15) is 0 Å². The molecular weight excluding hydrogens is 300 g/mol. The SMILES string of the molecule is CC(C1=NC(c2ccccc2)CO1)C1=NC(c2ccccc2)CO1. The molecule has 4 rings (SSSR count). The fourth-order valence-corrected chi connectivity index (χ4v) is 3.06. The van der Waals surface area contributed by atoms with E-state index in [1.807, 2.05) is 43.3 Å². The molecule has 2 aliphatic rings. The monoisotopic (exact) mass is 320 g/mol. The van der Waals surface area contributed by atoms with Gasteiger partial charge >= 0.3 is 0 Å². The van der Waals surface area contributed by atoms with Crippen molar-refractivity contribution in [3.05, 3.63) is 71.8 Å². The third-order valence-electron chi connectivity index (χ3n) is 4.45. The van der Waals surface area contributed by atoms with Crippen molar-refractivity contribution in [1.82, 2.24) is 0 Å². The second-order valence-electron chi connectivity index (χ2n) is 6.13. The Morgan fingerprint density at radius 3 is 1.58 bits per heavy atom. The van der Waals surface area contributed by atoms with Gasteiger partial charge in [-0.25, -0.2) is 9.98 Å². The van der Waals surface area contributed by atoms with Gasteiger partial charge in [0.05, 0.1) is 0 Å². The topological polar surface area (TPSA) is 43.2 Å². The lowest BCUT2D eigenvalue weighted by molar-refractivity contribution is 0.287. The van der Waals surface area contributed by atoms with Crippen molar-refractivity contribution in [3.8, 4) is 0 Å². The van der Waals surface area contributed by atoms with E-state index in [1.54, 1.807) is 0 Å². The summed E-state index contributed by atoms with van der Waals surface area (Å²) in [4.78, 5) is 9.47. The van der Waals surface area contributed by atoms with E-state index >= 15 is 0 Å². The Morgan fingerprint density at radius 1 is 0.750 bits per heavy atom. The molecule has 24 heavy (non-hydrogen) atoms. The van der Waals surface area contributed by atoms with Crippen LogP contribution >= 0.6 is 0 Å². The van der Waals surface area contributed by atoms with Gasteiger partial charge in [0.15, 0.2) is 11.8 Å². The normalized spacial score (nSPS) is 23.9. The first kappa shape index (κ1) is 14.9. The molecule has 2 aromatic carbocycles. The summed E-state index contributed by atoms with van der Waals surface area (Å²) in [5.74, 6) is 1.39. The first-order valence-corrected chi connectivity index (χ1v) is 8.32. The molecule has 2 atom stereocenters. The molecule has 4 heteroatoms. The quantitative estimate of drug-likeness (QED) is 0.855. The van der Waals surface area contributed by atoms with Crippen molar-refractivity contribution in [2.45, 2.75) is 19.0 Å². The maximum Gasteiger partial charge on any atom is 0.196 e. The van der Waals surface area contributed by atoms with Crippen molar-refractivity contribution in [2.24, 2.45) is 15.9 Å². The van der Waals surface area contributed by atoms with Gasteiger partial charge in [-0.05, 0) is 18.1 Å². The number of nitrogens with zero attached hydrogens (tertiary/aromatic N) is 2. The van der Waals surface area contributed by atoms with Crippen molar-refractivity contribution in [1.29, 1.82) is 0 Å². The molecule has 2 heterocycles. The van der Waals surface area contributed by atoms with Crippen LogP contribution in [0.15, 0.2) is 70.6 Å². The number of hydrogen-bond donors (Lipinski definition) is 0. The predicted molar refractivity (Wildman–Crippen MR) is 94.3 cm³/mol. The minimum atomic E-state index is -0.0487. The van der Waals surface area contributed by atoms with Gasteiger partial charge in [0.2, 0.25) is 0 Å². The van der Waals surface area contributed by atoms with Crippen LogP contribution < -0.4 is 0 Å². The average molecular weight is 320 g/mol. The summed E-state index contributed by atoms with van der Waals surface area (Å²) < 4.78 is 11.6. The first-order chi connectivity index (χ1) is 11.8. The van der Waals surface area contributed by atoms with Crippen LogP contribution in [0.2, 0.25) is 0 Å². The fourth-order valence-electron chi connectivity index (χ4n) is 3.06. The lowest BCUT2D eigenvalue weighted by Gasteiger charge is -2.10. The molecule has 2 aromatic rings. The molecule has 0 radical (unpaired) electrons. The zero-order valence-electron chi connectivity index (χ0n) is 13.6. The van der Waals surface area contributed by atoms with E-state index < -0.39 is 0 Å². The zero-order valence-corrected chi connectivity index (χ0v) is 13.6. The lowest BCUT2D eigenvalue weighted by atomic mass is 10.1. The maximum absolute atomic E-state index is 5.82. The molecule has 122 valence electrons. The maximum atomic E-state index is 5.82. The lowest BCUT2D eigenvalue weighted by Crippen LogP contribution is -2.21. The number of benzene rings is 2. The van der Waals surface area contributed by atoms with Gasteiger partial charge in [0.1, 0.15) is 31.2 Å². The van der Waals surface area contributed by atoms with Crippen molar-refractivity contribution < 1.29 is 9.47 Å². The molecule has 0 aromatic heterocycles. The Kier molecular flexibility index (Phi) is 4.03. The van der Waals surface area contributed by atoms with Crippen LogP contribution in [0.3, 0.4) is 0 Å². The summed E-state index contributed by atoms with van der Waals surface area (Å²) in [5, 5.41) is 0. The molecule has 0 bridgehead atoms. The van der Waals surface area contributed by atoms with E-state index in [0.29, 0.717) is 13.2 Å². The zero-order chi connectivity index (χ0) is 16.4. The van der Waals surface area contributed by atoms with Crippen LogP contribution in [0.4, 0.5) is 0 Å². The van der Waals surface area contributed by atoms with E-state index in [2.05, 4.69) is 24.3 Å². The summed E-state index contributed by atoms with van der Waals surface area (Å²) in [6.45, 7) is 3.20. The Balaban J connectivity index is 1.49. The number of hydrogen-bond acceptors (Lipinski definition) is 4. The van der Waals surface area contributed by atoms with Crippen LogP contribution in [-0.4, -0.2) is 25.0 Å². The predicted octanol–water partition coefficient (Wildman–Crippen LogP) is 3.96. The second-order valence-corrected chi connectivity index (χ2v) is 6.13. The molecule has 0 amide bonds. The van der Waals surface area contributed by atoms with Crippen LogP contribution in [0, 0.1) is 5.92 Å². The van der Waals surface area contributed by atoms with Crippen molar-refractivity contribution in [2.75, 3.05) is 13.2 Å². The highest BCUT2D eigenvalue weighted by Gasteiger charge is 2.32. The van der Waals surface area contributed by atoms with Gasteiger partial charge in [-0.15, -0.1) is 0 Å². The summed E-state index contributed by atoms with van der Waals surface area (Å²) in [5.41, 5.74) is 2.35. The molecule has 0 fully saturated rings. The highest BCUT2D eigenvalue weighted by atomic mass is 16.5. The molecule has 0 saturated heterocycles. The largest absolute Gasteiger partial charge is 0.478 e. The molecule has 2 unspecified atom stereocenters. The van der Waals surface area contributed by atoms with Crippen LogP contribution in [0.25, 0.3) is 0 Å². The van der Waals surface area contributed by atoms with Crippen LogP contribution in [0.1, 0.15) is 30.1 Å². The molecule has 4 nitrogen and oxygen atoms in total. The molecule has 0 aliphatic carbocycles. The fraction of sp³-hybridized carbons (Fsp3) is 0.300. The van der Waals surface area contributed by atoms with Gasteiger partial charge in [0.25, 0.3) is 0 Å². The van der Waals surface area contributed by atoms with Gasteiger partial charge in [-0.3, -0.25) is 0 Å². The first-order valence-electron chi connectivity index (χ1n) is 8.32. The molecular formula is C20H20N2O2. The average Bonchev–Trinajstić information content (AvgIpc) is 3.33. The van der Waals surface area contributed by atoms with E-state index in [-0.39, 0.29) is 18.0 Å². The minimum Gasteiger partial charge on any atom is -0.478 e. The van der Waals surface area contributed by atoms with E-state index in [1.165, 1.54) is 11.1 Å². The van der Waals surface area contributed by atoms with Crippen LogP contribution in [0.5, 0.6) is 0 Å². The van der Waals surface area contributed by atoms with Gasteiger partial charge < -0.3 is 9.47 Å². The van der Waals surface area contributed by atoms with E-state index in [0.717, 1.165) is 11.8 Å². The third kappa shape index (κ3) is 2.92. The summed E-state index contributed by atoms with van der Waals surface area (Å²) in [7, 11) is 0. The van der Waals surface area contributed by atoms with Gasteiger partial charge in [-0.1, -0.05) is 60.7 Å². The third-order valence-corrected chi connectivity index (χ3v) is 4.45. The van der Waals surface area contributed by atoms with Gasteiger partial charge in [-0.2, -0.15) is 0 Å². The smallest absolute Gasteiger partial charge is 0.196 e. The number of rotatable bonds is 4. The summed E-state index contributed by atoms with van der Waals surface area (Å²) in [6.07, 6.45) is 0. The standard InChI is InChI=1S/C20H20N2O2/c1-14(19-21-17(12-23-19)15-8-4-2-5-9-15)20-22-18(13-24-20)16-10-6-3-7-11-16/h2-11,14,17-18H,12-13H2,1H3. The Bertz CT molecular complexity index is 690. The molecule has 0 N–H and O–H groups in total. The summed E-state index contributed by atoms with van der Waals surface area (Å²) >= 11 is 0. The number of ether oxygens (including phenoxy) is 2. The Morgan fingerprint density at radius 2 is 1.17 bits per heavy atom. The molecule has 0 saturated carbocycles. The summed E-state index contributed by atoms with van der Waals surface area (Å²) in [6, 6.07) is 20.6. The molecule has 2 aliphatic heterocycles. The highest BCUT2D eigenvalue weighted by Crippen LogP contribution is 2.29. The number of aliphatic imine (C=N–C) groups is 2. The van der Waals surface area contributed by atoms with Crippen molar-refractivity contribution in [3.63, 3.8) is 0 Å². The minimum absolute atomic E-state index is 0.0487. The highest BCUT2D eigenvalue weighted by molar-refractivity contribution is 6.01. The Hall–Kier alpha value is -2.62. The molecule has 0 spiro atoms. The van der Waals surface area contributed by atoms with Crippen LogP contribution in [-0.2, 0) is 9.47 Å².